The minimum Gasteiger partial charge on any atom is -0.387 e. The maximum absolute atomic E-state index is 3.05. The van der Waals surface area contributed by atoms with Gasteiger partial charge in [0.15, 0.2) is 0 Å². The van der Waals surface area contributed by atoms with Gasteiger partial charge in [-0.1, -0.05) is 12.2 Å². The summed E-state index contributed by atoms with van der Waals surface area (Å²) in [4.78, 5) is 0. The maximum Gasteiger partial charge on any atom is 0.0395 e. The van der Waals surface area contributed by atoms with Crippen molar-refractivity contribution in [2.24, 2.45) is 0 Å². The van der Waals surface area contributed by atoms with Gasteiger partial charge < -0.3 is 5.32 Å². The molecule has 0 bridgehead atoms. The minimum atomic E-state index is 0.858. The fourth-order valence-electron chi connectivity index (χ4n) is 0.493. The van der Waals surface area contributed by atoms with E-state index in [1.165, 1.54) is 0 Å². The van der Waals surface area contributed by atoms with Crippen LogP contribution in [0.15, 0.2) is 18.4 Å². The summed E-state index contributed by atoms with van der Waals surface area (Å²) < 4.78 is 0. The predicted octanol–water partition coefficient (Wildman–Crippen LogP) is 0.853. The van der Waals surface area contributed by atoms with Gasteiger partial charge in [-0.25, -0.2) is 0 Å². The third-order valence-electron chi connectivity index (χ3n) is 0.838. The van der Waals surface area contributed by atoms with E-state index >= 15 is 0 Å². The molecule has 0 aromatic carbocycles. The first-order valence-corrected chi connectivity index (χ1v) is 2.43. The molecule has 37 valence electrons. The summed E-state index contributed by atoms with van der Waals surface area (Å²) in [6, 6.07) is 0. The molecule has 0 saturated carbocycles. The first kappa shape index (κ1) is 4.44. The highest BCUT2D eigenvalue weighted by molar-refractivity contribution is 4.93. The molecule has 1 aliphatic rings. The van der Waals surface area contributed by atoms with Crippen molar-refractivity contribution in [2.45, 2.75) is 6.42 Å². The molecular weight excluding hydrogens is 86.1 g/mol. The number of allylic oxidation sites excluding steroid dienone is 2. The summed E-state index contributed by atoms with van der Waals surface area (Å²) in [5.41, 5.74) is 0. The monoisotopic (exact) mass is 94.1 g/mol. The Hall–Kier alpha value is -0.720. The molecule has 0 amide bonds. The molecule has 1 heteroatoms. The molecule has 1 heterocycles. The van der Waals surface area contributed by atoms with Crippen LogP contribution in [0.3, 0.4) is 0 Å². The maximum atomic E-state index is 3.05. The first-order valence-electron chi connectivity index (χ1n) is 2.43. The van der Waals surface area contributed by atoms with E-state index in [2.05, 4.69) is 17.5 Å². The number of rotatable bonds is 0. The van der Waals surface area contributed by atoms with Crippen LogP contribution in [0.1, 0.15) is 6.42 Å². The highest BCUT2D eigenvalue weighted by atomic mass is 14.8. The lowest BCUT2D eigenvalue weighted by Crippen LogP contribution is -2.01. The van der Waals surface area contributed by atoms with Crippen LogP contribution in [0.4, 0.5) is 0 Å². The molecule has 1 radical (unpaired) electrons. The fourth-order valence-corrected chi connectivity index (χ4v) is 0.493. The third-order valence-corrected chi connectivity index (χ3v) is 0.838. The van der Waals surface area contributed by atoms with Gasteiger partial charge in [-0.05, 0) is 18.7 Å². The Balaban J connectivity index is 2.38. The van der Waals surface area contributed by atoms with Gasteiger partial charge in [0.05, 0.1) is 0 Å². The summed E-state index contributed by atoms with van der Waals surface area (Å²) >= 11 is 0. The second-order valence-electron chi connectivity index (χ2n) is 1.43. The van der Waals surface area contributed by atoms with Crippen LogP contribution in [0.2, 0.25) is 0 Å². The molecule has 0 fully saturated rings. The summed E-state index contributed by atoms with van der Waals surface area (Å²) in [5.74, 6) is 0. The van der Waals surface area contributed by atoms with Crippen molar-refractivity contribution < 1.29 is 0 Å². The minimum absolute atomic E-state index is 0.858. The Morgan fingerprint density at radius 2 is 2.57 bits per heavy atom. The smallest absolute Gasteiger partial charge is 0.0395 e. The standard InChI is InChI=1S/C6H8N/c1-2-4-6-7-5-3-1/h1,4,6-7H,2,5H2. The van der Waals surface area contributed by atoms with E-state index < -0.39 is 0 Å². The molecule has 0 aromatic rings. The number of nitrogens with one attached hydrogen (secondary N) is 1. The van der Waals surface area contributed by atoms with E-state index in [1.54, 1.807) is 0 Å². The Morgan fingerprint density at radius 1 is 1.57 bits per heavy atom. The summed E-state index contributed by atoms with van der Waals surface area (Å²) in [7, 11) is 0. The molecule has 0 spiro atoms. The van der Waals surface area contributed by atoms with Crippen molar-refractivity contribution in [3.8, 4) is 0 Å². The first-order chi connectivity index (χ1) is 3.50. The van der Waals surface area contributed by atoms with Crippen molar-refractivity contribution in [2.75, 3.05) is 6.54 Å². The molecule has 0 saturated heterocycles. The van der Waals surface area contributed by atoms with E-state index in [0.29, 0.717) is 0 Å². The molecule has 1 rings (SSSR count). The quantitative estimate of drug-likeness (QED) is 0.469. The van der Waals surface area contributed by atoms with Crippen molar-refractivity contribution in [3.63, 3.8) is 0 Å². The van der Waals surface area contributed by atoms with Gasteiger partial charge in [0.1, 0.15) is 0 Å². The highest BCUT2D eigenvalue weighted by Gasteiger charge is 1.77. The van der Waals surface area contributed by atoms with Crippen LogP contribution in [0.5, 0.6) is 0 Å². The Morgan fingerprint density at radius 3 is 3.57 bits per heavy atom. The fraction of sp³-hybridized carbons (Fsp3) is 0.333. The summed E-state index contributed by atoms with van der Waals surface area (Å²) in [5, 5.41) is 3.02. The predicted molar refractivity (Wildman–Crippen MR) is 29.6 cm³/mol. The Bertz CT molecular complexity index is 80.4. The topological polar surface area (TPSA) is 12.0 Å². The third kappa shape index (κ3) is 1.44. The lowest BCUT2D eigenvalue weighted by molar-refractivity contribution is 0.975. The lowest BCUT2D eigenvalue weighted by Gasteiger charge is -1.84. The van der Waals surface area contributed by atoms with E-state index in [1.807, 2.05) is 12.3 Å². The lowest BCUT2D eigenvalue weighted by atomic mass is 10.4. The van der Waals surface area contributed by atoms with Crippen molar-refractivity contribution in [1.82, 2.24) is 5.32 Å². The van der Waals surface area contributed by atoms with Gasteiger partial charge in [0.25, 0.3) is 0 Å². The molecule has 0 aromatic heterocycles. The normalized spacial score (nSPS) is 18.3. The average Bonchev–Trinajstić information content (AvgIpc) is 1.90. The van der Waals surface area contributed by atoms with Gasteiger partial charge >= 0.3 is 0 Å². The van der Waals surface area contributed by atoms with E-state index in [9.17, 15) is 0 Å². The SMILES string of the molecule is [C]1=CCC=CNC1. The molecule has 0 aliphatic carbocycles. The molecule has 7 heavy (non-hydrogen) atoms. The zero-order valence-electron chi connectivity index (χ0n) is 4.15. The van der Waals surface area contributed by atoms with Gasteiger partial charge in [-0.3, -0.25) is 0 Å². The second kappa shape index (κ2) is 2.45. The van der Waals surface area contributed by atoms with E-state index in [-0.39, 0.29) is 0 Å². The average molecular weight is 94.1 g/mol. The molecule has 0 atom stereocenters. The van der Waals surface area contributed by atoms with Crippen molar-refractivity contribution in [3.05, 3.63) is 24.4 Å². The van der Waals surface area contributed by atoms with Crippen molar-refractivity contribution >= 4 is 0 Å². The van der Waals surface area contributed by atoms with Gasteiger partial charge in [-0.2, -0.15) is 0 Å². The summed E-state index contributed by atoms with van der Waals surface area (Å²) in [6.07, 6.45) is 10.1. The van der Waals surface area contributed by atoms with Gasteiger partial charge in [0, 0.05) is 6.54 Å². The zero-order valence-corrected chi connectivity index (χ0v) is 4.15. The summed E-state index contributed by atoms with van der Waals surface area (Å²) in [6.45, 7) is 0.858. The van der Waals surface area contributed by atoms with E-state index in [4.69, 9.17) is 0 Å². The van der Waals surface area contributed by atoms with Gasteiger partial charge in [-0.15, -0.1) is 0 Å². The van der Waals surface area contributed by atoms with Crippen LogP contribution in [0.25, 0.3) is 0 Å². The molecule has 0 unspecified atom stereocenters. The van der Waals surface area contributed by atoms with Crippen LogP contribution < -0.4 is 5.32 Å². The second-order valence-corrected chi connectivity index (χ2v) is 1.43. The highest BCUT2D eigenvalue weighted by Crippen LogP contribution is 1.85. The van der Waals surface area contributed by atoms with Crippen LogP contribution in [-0.4, -0.2) is 6.54 Å². The number of hydrogen-bond acceptors (Lipinski definition) is 1. The molecular formula is C6H8N. The van der Waals surface area contributed by atoms with Crippen molar-refractivity contribution in [1.29, 1.82) is 0 Å². The van der Waals surface area contributed by atoms with Crippen LogP contribution in [0, 0.1) is 6.08 Å². The molecule has 1 N–H and O–H groups in total. The van der Waals surface area contributed by atoms with Gasteiger partial charge in [0.2, 0.25) is 0 Å². The van der Waals surface area contributed by atoms with Crippen LogP contribution >= 0.6 is 0 Å². The largest absolute Gasteiger partial charge is 0.387 e. The van der Waals surface area contributed by atoms with Crippen LogP contribution in [-0.2, 0) is 0 Å². The molecule has 1 aliphatic heterocycles. The molecule has 1 nitrogen and oxygen atoms in total. The Kier molecular flexibility index (Phi) is 1.56. The zero-order chi connectivity index (χ0) is 4.95. The Labute approximate surface area is 43.7 Å². The number of hydrogen-bond donors (Lipinski definition) is 1. The van der Waals surface area contributed by atoms with E-state index in [0.717, 1.165) is 13.0 Å².